The first-order valence-electron chi connectivity index (χ1n) is 6.73. The second-order valence-corrected chi connectivity index (χ2v) is 7.42. The lowest BCUT2D eigenvalue weighted by Gasteiger charge is -2.43. The van der Waals surface area contributed by atoms with E-state index in [4.69, 9.17) is 5.73 Å². The van der Waals surface area contributed by atoms with Crippen molar-refractivity contribution in [1.29, 1.82) is 0 Å². The molecule has 0 bridgehead atoms. The van der Waals surface area contributed by atoms with Crippen LogP contribution in [0.5, 0.6) is 0 Å². The largest absolute Gasteiger partial charge is 0.327 e. The van der Waals surface area contributed by atoms with Crippen molar-refractivity contribution in [2.45, 2.75) is 58.4 Å². The maximum absolute atomic E-state index is 6.42. The number of aryl methyl sites for hydroxylation is 1. The molecule has 1 saturated carbocycles. The van der Waals surface area contributed by atoms with E-state index in [-0.39, 0.29) is 5.41 Å². The highest BCUT2D eigenvalue weighted by molar-refractivity contribution is 7.10. The summed E-state index contributed by atoms with van der Waals surface area (Å²) in [5.74, 6) is 1.44. The molecule has 1 aromatic rings. The summed E-state index contributed by atoms with van der Waals surface area (Å²) in [5.41, 5.74) is 8.15. The Labute approximate surface area is 109 Å². The average molecular weight is 251 g/mol. The Morgan fingerprint density at radius 2 is 2.06 bits per heavy atom. The van der Waals surface area contributed by atoms with Crippen molar-refractivity contribution >= 4 is 11.3 Å². The number of hydrogen-bond donors (Lipinski definition) is 1. The highest BCUT2D eigenvalue weighted by Gasteiger charge is 2.39. The lowest BCUT2D eigenvalue weighted by Crippen LogP contribution is -2.45. The van der Waals surface area contributed by atoms with Gasteiger partial charge in [-0.2, -0.15) is 0 Å². The predicted molar refractivity (Wildman–Crippen MR) is 76.6 cm³/mol. The molecule has 1 aliphatic rings. The van der Waals surface area contributed by atoms with Crippen molar-refractivity contribution in [2.75, 3.05) is 0 Å². The third-order valence-electron chi connectivity index (χ3n) is 4.64. The minimum Gasteiger partial charge on any atom is -0.327 e. The zero-order valence-electron chi connectivity index (χ0n) is 11.5. The minimum atomic E-state index is 0.226. The first-order chi connectivity index (χ1) is 7.93. The molecule has 2 heteroatoms. The first kappa shape index (κ1) is 13.1. The van der Waals surface area contributed by atoms with Gasteiger partial charge in [-0.3, -0.25) is 0 Å². The second-order valence-electron chi connectivity index (χ2n) is 6.30. The Bertz CT molecular complexity index is 380. The van der Waals surface area contributed by atoms with E-state index in [0.29, 0.717) is 12.0 Å². The van der Waals surface area contributed by atoms with Crippen LogP contribution < -0.4 is 5.73 Å². The van der Waals surface area contributed by atoms with E-state index in [9.17, 15) is 0 Å². The lowest BCUT2D eigenvalue weighted by atomic mass is 9.64. The molecule has 17 heavy (non-hydrogen) atoms. The van der Waals surface area contributed by atoms with Gasteiger partial charge in [-0.05, 0) is 54.0 Å². The second kappa shape index (κ2) is 4.74. The van der Waals surface area contributed by atoms with Crippen LogP contribution in [0.25, 0.3) is 0 Å². The van der Waals surface area contributed by atoms with Crippen LogP contribution in [0.15, 0.2) is 11.4 Å². The highest BCUT2D eigenvalue weighted by atomic mass is 32.1. The summed E-state index contributed by atoms with van der Waals surface area (Å²) in [4.78, 5) is 1.46. The van der Waals surface area contributed by atoms with E-state index < -0.39 is 0 Å². The summed E-state index contributed by atoms with van der Waals surface area (Å²) in [6.45, 7) is 9.32. The smallest absolute Gasteiger partial charge is 0.00780 e. The molecule has 1 nitrogen and oxygen atoms in total. The van der Waals surface area contributed by atoms with E-state index in [1.54, 1.807) is 0 Å². The molecular formula is C15H25NS. The van der Waals surface area contributed by atoms with Gasteiger partial charge in [0, 0.05) is 10.9 Å². The summed E-state index contributed by atoms with van der Waals surface area (Å²) < 4.78 is 0. The zero-order chi connectivity index (χ0) is 12.6. The van der Waals surface area contributed by atoms with Crippen molar-refractivity contribution in [2.24, 2.45) is 17.6 Å². The standard InChI is InChI=1S/C15H25NS/c1-10-5-6-13(14(16)9-10)15(3,4)12-7-8-17-11(12)2/h7-8,10,13-14H,5-6,9,16H2,1-4H3. The molecule has 0 spiro atoms. The molecule has 0 aliphatic heterocycles. The van der Waals surface area contributed by atoms with Crippen LogP contribution in [0.4, 0.5) is 0 Å². The van der Waals surface area contributed by atoms with Crippen molar-refractivity contribution in [3.63, 3.8) is 0 Å². The van der Waals surface area contributed by atoms with Crippen LogP contribution in [-0.4, -0.2) is 6.04 Å². The van der Waals surface area contributed by atoms with E-state index in [1.165, 1.54) is 29.7 Å². The number of rotatable bonds is 2. The SMILES string of the molecule is Cc1sccc1C(C)(C)C1CCC(C)CC1N. The Balaban J connectivity index is 2.24. The molecule has 1 aromatic heterocycles. The molecule has 96 valence electrons. The van der Waals surface area contributed by atoms with Gasteiger partial charge in [0.1, 0.15) is 0 Å². The normalized spacial score (nSPS) is 30.5. The number of nitrogens with two attached hydrogens (primary N) is 1. The quantitative estimate of drug-likeness (QED) is 0.841. The lowest BCUT2D eigenvalue weighted by molar-refractivity contribution is 0.171. The average Bonchev–Trinajstić information content (AvgIpc) is 2.64. The monoisotopic (exact) mass is 251 g/mol. The Hall–Kier alpha value is -0.340. The fourth-order valence-electron chi connectivity index (χ4n) is 3.57. The topological polar surface area (TPSA) is 26.0 Å². The van der Waals surface area contributed by atoms with Crippen LogP contribution in [0.1, 0.15) is 50.5 Å². The highest BCUT2D eigenvalue weighted by Crippen LogP contribution is 2.43. The number of thiophene rings is 1. The molecule has 0 radical (unpaired) electrons. The molecule has 0 amide bonds. The molecule has 0 saturated heterocycles. The molecule has 3 atom stereocenters. The van der Waals surface area contributed by atoms with E-state index in [1.807, 2.05) is 11.3 Å². The third kappa shape index (κ3) is 2.43. The molecule has 1 aliphatic carbocycles. The van der Waals surface area contributed by atoms with E-state index in [2.05, 4.69) is 39.1 Å². The third-order valence-corrected chi connectivity index (χ3v) is 5.49. The van der Waals surface area contributed by atoms with Crippen LogP contribution in [0, 0.1) is 18.8 Å². The number of hydrogen-bond acceptors (Lipinski definition) is 2. The van der Waals surface area contributed by atoms with Gasteiger partial charge in [-0.1, -0.05) is 27.2 Å². The van der Waals surface area contributed by atoms with Crippen molar-refractivity contribution in [1.82, 2.24) is 0 Å². The molecule has 3 unspecified atom stereocenters. The van der Waals surface area contributed by atoms with Gasteiger partial charge in [-0.15, -0.1) is 11.3 Å². The summed E-state index contributed by atoms with van der Waals surface area (Å²) in [6, 6.07) is 2.66. The Morgan fingerprint density at radius 1 is 1.35 bits per heavy atom. The molecular weight excluding hydrogens is 226 g/mol. The molecule has 2 N–H and O–H groups in total. The Kier molecular flexibility index (Phi) is 3.65. The van der Waals surface area contributed by atoms with Gasteiger partial charge in [0.25, 0.3) is 0 Å². The predicted octanol–water partition coefficient (Wildman–Crippen LogP) is 4.10. The van der Waals surface area contributed by atoms with Gasteiger partial charge in [0.05, 0.1) is 0 Å². The van der Waals surface area contributed by atoms with Gasteiger partial charge < -0.3 is 5.73 Å². The Morgan fingerprint density at radius 3 is 2.59 bits per heavy atom. The molecule has 2 rings (SSSR count). The molecule has 1 fully saturated rings. The van der Waals surface area contributed by atoms with Crippen LogP contribution in [0.3, 0.4) is 0 Å². The van der Waals surface area contributed by atoms with Crippen molar-refractivity contribution in [3.8, 4) is 0 Å². The van der Waals surface area contributed by atoms with Gasteiger partial charge in [0.15, 0.2) is 0 Å². The summed E-state index contributed by atoms with van der Waals surface area (Å²) in [7, 11) is 0. The van der Waals surface area contributed by atoms with Gasteiger partial charge in [-0.25, -0.2) is 0 Å². The molecule has 1 heterocycles. The first-order valence-corrected chi connectivity index (χ1v) is 7.61. The van der Waals surface area contributed by atoms with E-state index >= 15 is 0 Å². The van der Waals surface area contributed by atoms with Crippen molar-refractivity contribution in [3.05, 3.63) is 21.9 Å². The fourth-order valence-corrected chi connectivity index (χ4v) is 4.44. The molecule has 0 aromatic carbocycles. The van der Waals surface area contributed by atoms with Crippen molar-refractivity contribution < 1.29 is 0 Å². The van der Waals surface area contributed by atoms with Crippen LogP contribution in [-0.2, 0) is 5.41 Å². The van der Waals surface area contributed by atoms with Crippen LogP contribution >= 0.6 is 11.3 Å². The summed E-state index contributed by atoms with van der Waals surface area (Å²) in [5, 5.41) is 2.21. The van der Waals surface area contributed by atoms with E-state index in [0.717, 1.165) is 5.92 Å². The zero-order valence-corrected chi connectivity index (χ0v) is 12.3. The van der Waals surface area contributed by atoms with Crippen LogP contribution in [0.2, 0.25) is 0 Å². The van der Waals surface area contributed by atoms with Gasteiger partial charge >= 0.3 is 0 Å². The maximum Gasteiger partial charge on any atom is 0.00780 e. The summed E-state index contributed by atoms with van der Waals surface area (Å²) >= 11 is 1.86. The fraction of sp³-hybridized carbons (Fsp3) is 0.733. The summed E-state index contributed by atoms with van der Waals surface area (Å²) in [6.07, 6.45) is 3.81. The maximum atomic E-state index is 6.42. The van der Waals surface area contributed by atoms with Gasteiger partial charge in [0.2, 0.25) is 0 Å². The minimum absolute atomic E-state index is 0.226.